The standard InChI is InChI=1S/C7H10N4S3/c1-4-5(3-9-11-6(8)12)14-7(10-4)13-2/h3H,1-2H3,(H3,8,11,12)/b9-3+. The van der Waals surface area contributed by atoms with Crippen LogP contribution in [0.1, 0.15) is 10.6 Å². The predicted octanol–water partition coefficient (Wildman–Crippen LogP) is 1.34. The topological polar surface area (TPSA) is 63.3 Å². The largest absolute Gasteiger partial charge is 0.375 e. The minimum atomic E-state index is 0.161. The average Bonchev–Trinajstić information content (AvgIpc) is 2.47. The number of nitrogens with two attached hydrogens (primary N) is 1. The third-order valence-corrected chi connectivity index (χ3v) is 3.51. The normalized spacial score (nSPS) is 10.7. The summed E-state index contributed by atoms with van der Waals surface area (Å²) in [6.07, 6.45) is 3.67. The van der Waals surface area contributed by atoms with Gasteiger partial charge in [-0.25, -0.2) is 4.98 Å². The maximum Gasteiger partial charge on any atom is 0.184 e. The second-order valence-corrected chi connectivity index (χ2v) is 4.89. The average molecular weight is 246 g/mol. The molecule has 7 heteroatoms. The number of nitrogens with zero attached hydrogens (tertiary/aromatic N) is 2. The zero-order chi connectivity index (χ0) is 10.6. The van der Waals surface area contributed by atoms with Crippen LogP contribution in [0.25, 0.3) is 0 Å². The van der Waals surface area contributed by atoms with E-state index in [0.717, 1.165) is 14.9 Å². The summed E-state index contributed by atoms with van der Waals surface area (Å²) in [5, 5.41) is 4.03. The Balaban J connectivity index is 2.70. The van der Waals surface area contributed by atoms with Gasteiger partial charge in [0, 0.05) is 0 Å². The molecule has 14 heavy (non-hydrogen) atoms. The Morgan fingerprint density at radius 2 is 2.50 bits per heavy atom. The third-order valence-electron chi connectivity index (χ3n) is 1.34. The summed E-state index contributed by atoms with van der Waals surface area (Å²) in [7, 11) is 0. The summed E-state index contributed by atoms with van der Waals surface area (Å²) in [5.74, 6) is 0. The molecule has 0 saturated carbocycles. The van der Waals surface area contributed by atoms with Crippen LogP contribution >= 0.6 is 35.3 Å². The lowest BCUT2D eigenvalue weighted by molar-refractivity contribution is 1.04. The van der Waals surface area contributed by atoms with E-state index >= 15 is 0 Å². The second kappa shape index (κ2) is 5.28. The van der Waals surface area contributed by atoms with Crippen LogP contribution in [0.15, 0.2) is 9.44 Å². The molecule has 1 rings (SSSR count). The van der Waals surface area contributed by atoms with E-state index < -0.39 is 0 Å². The van der Waals surface area contributed by atoms with Gasteiger partial charge in [0.1, 0.15) is 4.34 Å². The number of thioether (sulfide) groups is 1. The Morgan fingerprint density at radius 1 is 1.79 bits per heavy atom. The summed E-state index contributed by atoms with van der Waals surface area (Å²) in [6.45, 7) is 1.94. The molecule has 0 aliphatic heterocycles. The Labute approximate surface area is 96.0 Å². The van der Waals surface area contributed by atoms with E-state index in [0.29, 0.717) is 0 Å². The minimum absolute atomic E-state index is 0.161. The number of aromatic nitrogens is 1. The first-order chi connectivity index (χ1) is 6.63. The zero-order valence-electron chi connectivity index (χ0n) is 7.77. The molecule has 0 bridgehead atoms. The van der Waals surface area contributed by atoms with Crippen molar-refractivity contribution in [1.82, 2.24) is 10.4 Å². The Kier molecular flexibility index (Phi) is 4.30. The molecule has 0 amide bonds. The maximum absolute atomic E-state index is 5.22. The number of nitrogens with one attached hydrogen (secondary N) is 1. The first-order valence-corrected chi connectivity index (χ1v) is 6.18. The quantitative estimate of drug-likeness (QED) is 0.365. The van der Waals surface area contributed by atoms with E-state index in [-0.39, 0.29) is 5.11 Å². The van der Waals surface area contributed by atoms with Gasteiger partial charge in [-0.15, -0.1) is 11.3 Å². The van der Waals surface area contributed by atoms with Gasteiger partial charge < -0.3 is 5.73 Å². The summed E-state index contributed by atoms with van der Waals surface area (Å²) in [6, 6.07) is 0. The zero-order valence-corrected chi connectivity index (χ0v) is 10.2. The second-order valence-electron chi connectivity index (χ2n) is 2.37. The molecule has 0 aliphatic rings. The highest BCUT2D eigenvalue weighted by Gasteiger charge is 2.03. The number of hydrazone groups is 1. The van der Waals surface area contributed by atoms with Crippen molar-refractivity contribution in [2.45, 2.75) is 11.3 Å². The monoisotopic (exact) mass is 246 g/mol. The van der Waals surface area contributed by atoms with E-state index in [9.17, 15) is 0 Å². The predicted molar refractivity (Wildman–Crippen MR) is 66.1 cm³/mol. The van der Waals surface area contributed by atoms with Crippen LogP contribution in [-0.4, -0.2) is 22.6 Å². The van der Waals surface area contributed by atoms with Crippen LogP contribution in [0.2, 0.25) is 0 Å². The molecule has 1 heterocycles. The Morgan fingerprint density at radius 3 is 3.00 bits per heavy atom. The molecule has 0 aromatic carbocycles. The van der Waals surface area contributed by atoms with Crippen LogP contribution in [0.5, 0.6) is 0 Å². The highest BCUT2D eigenvalue weighted by molar-refractivity contribution is 8.00. The summed E-state index contributed by atoms with van der Waals surface area (Å²) >= 11 is 7.82. The smallest absolute Gasteiger partial charge is 0.184 e. The number of hydrogen-bond donors (Lipinski definition) is 2. The molecular weight excluding hydrogens is 236 g/mol. The Hall–Kier alpha value is -0.660. The van der Waals surface area contributed by atoms with Gasteiger partial charge in [0.25, 0.3) is 0 Å². The van der Waals surface area contributed by atoms with Crippen molar-refractivity contribution in [2.24, 2.45) is 10.8 Å². The number of aryl methyl sites for hydroxylation is 1. The molecule has 76 valence electrons. The lowest BCUT2D eigenvalue weighted by Crippen LogP contribution is -2.23. The molecule has 0 unspecified atom stereocenters. The fraction of sp³-hybridized carbons (Fsp3) is 0.286. The molecule has 3 N–H and O–H groups in total. The molecular formula is C7H10N4S3. The van der Waals surface area contributed by atoms with E-state index in [1.165, 1.54) is 0 Å². The van der Waals surface area contributed by atoms with Crippen molar-refractivity contribution in [1.29, 1.82) is 0 Å². The lowest BCUT2D eigenvalue weighted by atomic mass is 10.4. The molecule has 0 fully saturated rings. The van der Waals surface area contributed by atoms with Gasteiger partial charge >= 0.3 is 0 Å². The number of rotatable bonds is 3. The molecule has 0 saturated heterocycles. The summed E-state index contributed by atoms with van der Waals surface area (Å²) < 4.78 is 1.03. The van der Waals surface area contributed by atoms with Crippen molar-refractivity contribution >= 4 is 46.6 Å². The van der Waals surface area contributed by atoms with E-state index in [1.54, 1.807) is 29.3 Å². The molecule has 0 spiro atoms. The first kappa shape index (κ1) is 11.4. The summed E-state index contributed by atoms with van der Waals surface area (Å²) in [5.41, 5.74) is 8.68. The molecule has 0 atom stereocenters. The van der Waals surface area contributed by atoms with Crippen LogP contribution in [-0.2, 0) is 0 Å². The Bertz CT molecular complexity index is 358. The van der Waals surface area contributed by atoms with Crippen molar-refractivity contribution in [2.75, 3.05) is 6.26 Å². The number of hydrogen-bond acceptors (Lipinski definition) is 5. The lowest BCUT2D eigenvalue weighted by Gasteiger charge is -1.92. The van der Waals surface area contributed by atoms with Crippen molar-refractivity contribution in [3.05, 3.63) is 10.6 Å². The van der Waals surface area contributed by atoms with E-state index in [1.807, 2.05) is 13.2 Å². The van der Waals surface area contributed by atoms with Gasteiger partial charge in [0.05, 0.1) is 16.8 Å². The highest BCUT2D eigenvalue weighted by atomic mass is 32.2. The number of thiocarbonyl (C=S) groups is 1. The van der Waals surface area contributed by atoms with Gasteiger partial charge in [-0.3, -0.25) is 5.43 Å². The maximum atomic E-state index is 5.22. The van der Waals surface area contributed by atoms with Gasteiger partial charge in [0.2, 0.25) is 0 Å². The van der Waals surface area contributed by atoms with Gasteiger partial charge in [-0.2, -0.15) is 5.10 Å². The fourth-order valence-electron chi connectivity index (χ4n) is 0.744. The molecule has 4 nitrogen and oxygen atoms in total. The number of thiazole rings is 1. The first-order valence-electron chi connectivity index (χ1n) is 3.73. The van der Waals surface area contributed by atoms with E-state index in [2.05, 4.69) is 27.7 Å². The molecule has 0 aliphatic carbocycles. The van der Waals surface area contributed by atoms with Gasteiger partial charge in [-0.05, 0) is 25.4 Å². The van der Waals surface area contributed by atoms with Crippen LogP contribution in [0, 0.1) is 6.92 Å². The van der Waals surface area contributed by atoms with E-state index in [4.69, 9.17) is 5.73 Å². The van der Waals surface area contributed by atoms with Crippen molar-refractivity contribution < 1.29 is 0 Å². The van der Waals surface area contributed by atoms with Crippen LogP contribution in [0.3, 0.4) is 0 Å². The van der Waals surface area contributed by atoms with Crippen molar-refractivity contribution in [3.63, 3.8) is 0 Å². The third kappa shape index (κ3) is 3.24. The fourth-order valence-corrected chi connectivity index (χ4v) is 2.30. The molecule has 1 aromatic rings. The van der Waals surface area contributed by atoms with Gasteiger partial charge in [0.15, 0.2) is 5.11 Å². The summed E-state index contributed by atoms with van der Waals surface area (Å²) in [4.78, 5) is 5.34. The molecule has 1 aromatic heterocycles. The molecule has 0 radical (unpaired) electrons. The minimum Gasteiger partial charge on any atom is -0.375 e. The SMILES string of the molecule is CSc1nc(C)c(/C=N/NC(N)=S)s1. The highest BCUT2D eigenvalue weighted by Crippen LogP contribution is 2.23. The van der Waals surface area contributed by atoms with Gasteiger partial charge in [-0.1, -0.05) is 11.8 Å². The van der Waals surface area contributed by atoms with Crippen molar-refractivity contribution in [3.8, 4) is 0 Å². The van der Waals surface area contributed by atoms with Crippen LogP contribution in [0.4, 0.5) is 0 Å². The van der Waals surface area contributed by atoms with Crippen LogP contribution < -0.4 is 11.2 Å².